The fourth-order valence-electron chi connectivity index (χ4n) is 3.78. The molecule has 1 amide bonds. The Balaban J connectivity index is 1.55. The number of aromatic nitrogens is 2. The molecule has 4 rings (SSSR count). The zero-order chi connectivity index (χ0) is 20.4. The Morgan fingerprint density at radius 1 is 1.21 bits per heavy atom. The summed E-state index contributed by atoms with van der Waals surface area (Å²) in [6.45, 7) is 3.76. The molecule has 8 nitrogen and oxygen atoms in total. The fourth-order valence-corrected chi connectivity index (χ4v) is 5.31. The fraction of sp³-hybridized carbons (Fsp3) is 0.526. The van der Waals surface area contributed by atoms with Gasteiger partial charge in [-0.3, -0.25) is 4.79 Å². The number of hydrogen-bond donors (Lipinski definition) is 0. The van der Waals surface area contributed by atoms with E-state index in [0.717, 1.165) is 4.88 Å². The highest BCUT2D eigenvalue weighted by molar-refractivity contribution is 7.90. The van der Waals surface area contributed by atoms with Crippen LogP contribution >= 0.6 is 11.3 Å². The number of rotatable bonds is 4. The van der Waals surface area contributed by atoms with Crippen molar-refractivity contribution in [2.24, 2.45) is 0 Å². The minimum atomic E-state index is -3.44. The number of ether oxygens (including phenoxy) is 1. The van der Waals surface area contributed by atoms with E-state index in [2.05, 4.69) is 9.97 Å². The van der Waals surface area contributed by atoms with Crippen molar-refractivity contribution in [3.8, 4) is 0 Å². The van der Waals surface area contributed by atoms with E-state index in [-0.39, 0.29) is 16.7 Å². The summed E-state index contributed by atoms with van der Waals surface area (Å²) in [5, 5.41) is 1.90. The maximum Gasteiger partial charge on any atom is 0.263 e. The Kier molecular flexibility index (Phi) is 5.84. The predicted octanol–water partition coefficient (Wildman–Crippen LogP) is 1.80. The molecular weight excluding hydrogens is 412 g/mol. The third-order valence-corrected chi connectivity index (χ3v) is 7.34. The molecule has 0 aromatic carbocycles. The Morgan fingerprint density at radius 3 is 2.55 bits per heavy atom. The smallest absolute Gasteiger partial charge is 0.263 e. The van der Waals surface area contributed by atoms with Gasteiger partial charge in [-0.2, -0.15) is 0 Å². The molecule has 0 saturated carbocycles. The van der Waals surface area contributed by atoms with Crippen molar-refractivity contribution in [2.75, 3.05) is 50.5 Å². The van der Waals surface area contributed by atoms with Gasteiger partial charge in [-0.25, -0.2) is 18.4 Å². The van der Waals surface area contributed by atoms with Gasteiger partial charge in [-0.1, -0.05) is 6.07 Å². The average molecular weight is 437 g/mol. The molecule has 2 aromatic heterocycles. The molecule has 0 atom stereocenters. The predicted molar refractivity (Wildman–Crippen MR) is 110 cm³/mol. The lowest BCUT2D eigenvalue weighted by molar-refractivity contribution is 0.0716. The van der Waals surface area contributed by atoms with E-state index < -0.39 is 9.84 Å². The van der Waals surface area contributed by atoms with Gasteiger partial charge in [0.1, 0.15) is 4.90 Å². The van der Waals surface area contributed by atoms with Crippen LogP contribution in [0.25, 0.3) is 0 Å². The summed E-state index contributed by atoms with van der Waals surface area (Å²) in [4.78, 5) is 26.4. The maximum atomic E-state index is 12.6. The third-order valence-electron chi connectivity index (χ3n) is 5.36. The first-order valence-corrected chi connectivity index (χ1v) is 12.4. The summed E-state index contributed by atoms with van der Waals surface area (Å²) in [7, 11) is -3.44. The van der Waals surface area contributed by atoms with E-state index in [9.17, 15) is 13.2 Å². The molecule has 0 aliphatic carbocycles. The molecule has 0 radical (unpaired) electrons. The van der Waals surface area contributed by atoms with Crippen LogP contribution < -0.4 is 4.90 Å². The van der Waals surface area contributed by atoms with Crippen molar-refractivity contribution < 1.29 is 17.9 Å². The van der Waals surface area contributed by atoms with Crippen LogP contribution in [0.4, 0.5) is 5.95 Å². The van der Waals surface area contributed by atoms with E-state index in [1.54, 1.807) is 0 Å². The lowest BCUT2D eigenvalue weighted by atomic mass is 9.93. The van der Waals surface area contributed by atoms with Crippen LogP contribution in [-0.4, -0.2) is 74.8 Å². The van der Waals surface area contributed by atoms with Crippen molar-refractivity contribution in [3.63, 3.8) is 0 Å². The summed E-state index contributed by atoms with van der Waals surface area (Å²) < 4.78 is 30.1. The molecule has 2 aromatic rings. The summed E-state index contributed by atoms with van der Waals surface area (Å²) in [6.07, 6.45) is 3.99. The van der Waals surface area contributed by atoms with Crippen LogP contribution in [0.15, 0.2) is 28.6 Å². The molecule has 156 valence electrons. The molecule has 10 heteroatoms. The number of hydrogen-bond acceptors (Lipinski definition) is 8. The Labute approximate surface area is 174 Å². The highest BCUT2D eigenvalue weighted by Gasteiger charge is 2.30. The standard InChI is InChI=1S/C19H24N4O4S2/c1-29(25,26)16-13-20-19(23-8-10-27-11-9-23)21-17(16)14-4-6-22(7-5-14)18(24)15-3-2-12-28-15/h2-3,12-14H,4-11H2,1H3. The second kappa shape index (κ2) is 8.37. The largest absolute Gasteiger partial charge is 0.378 e. The van der Waals surface area contributed by atoms with E-state index in [0.29, 0.717) is 63.9 Å². The first-order valence-electron chi connectivity index (χ1n) is 9.66. The van der Waals surface area contributed by atoms with Gasteiger partial charge in [-0.15, -0.1) is 11.3 Å². The SMILES string of the molecule is CS(=O)(=O)c1cnc(N2CCOCC2)nc1C1CCN(C(=O)c2cccs2)CC1. The number of amides is 1. The number of carbonyl (C=O) groups excluding carboxylic acids is 1. The number of likely N-dealkylation sites (tertiary alicyclic amines) is 1. The zero-order valence-corrected chi connectivity index (χ0v) is 17.9. The second-order valence-electron chi connectivity index (χ2n) is 7.33. The number of morpholine rings is 1. The Bertz CT molecular complexity index is 964. The van der Waals surface area contributed by atoms with Gasteiger partial charge in [0, 0.05) is 38.4 Å². The molecule has 2 saturated heterocycles. The second-order valence-corrected chi connectivity index (χ2v) is 10.3. The van der Waals surface area contributed by atoms with Crippen LogP contribution in [0.1, 0.15) is 34.1 Å². The van der Waals surface area contributed by atoms with Crippen molar-refractivity contribution in [3.05, 3.63) is 34.3 Å². The molecule has 29 heavy (non-hydrogen) atoms. The normalized spacial score (nSPS) is 18.8. The van der Waals surface area contributed by atoms with Gasteiger partial charge in [0.2, 0.25) is 5.95 Å². The van der Waals surface area contributed by atoms with Gasteiger partial charge in [-0.05, 0) is 24.3 Å². The van der Waals surface area contributed by atoms with Crippen LogP contribution in [0.5, 0.6) is 0 Å². The van der Waals surface area contributed by atoms with Crippen LogP contribution in [0, 0.1) is 0 Å². The molecule has 0 unspecified atom stereocenters. The molecule has 4 heterocycles. The number of carbonyl (C=O) groups is 1. The summed E-state index contributed by atoms with van der Waals surface area (Å²) in [5.74, 6) is 0.571. The average Bonchev–Trinajstić information content (AvgIpc) is 3.28. The van der Waals surface area contributed by atoms with E-state index >= 15 is 0 Å². The molecule has 2 aliphatic rings. The maximum absolute atomic E-state index is 12.6. The van der Waals surface area contributed by atoms with Crippen LogP contribution in [0.2, 0.25) is 0 Å². The van der Waals surface area contributed by atoms with Gasteiger partial charge < -0.3 is 14.5 Å². The van der Waals surface area contributed by atoms with Gasteiger partial charge >= 0.3 is 0 Å². The number of nitrogens with zero attached hydrogens (tertiary/aromatic N) is 4. The number of sulfone groups is 1. The molecule has 0 spiro atoms. The molecule has 2 aliphatic heterocycles. The lowest BCUT2D eigenvalue weighted by Crippen LogP contribution is -2.39. The van der Waals surface area contributed by atoms with E-state index in [1.807, 2.05) is 27.3 Å². The van der Waals surface area contributed by atoms with Crippen molar-refractivity contribution in [2.45, 2.75) is 23.7 Å². The molecule has 0 bridgehead atoms. The first kappa shape index (κ1) is 20.2. The van der Waals surface area contributed by atoms with Crippen LogP contribution in [0.3, 0.4) is 0 Å². The lowest BCUT2D eigenvalue weighted by Gasteiger charge is -2.33. The van der Waals surface area contributed by atoms with Crippen molar-refractivity contribution in [1.29, 1.82) is 0 Å². The summed E-state index contributed by atoms with van der Waals surface area (Å²) in [6, 6.07) is 3.71. The Hall–Kier alpha value is -2.04. The molecule has 2 fully saturated rings. The minimum absolute atomic E-state index is 0.0186. The van der Waals surface area contributed by atoms with Crippen molar-refractivity contribution in [1.82, 2.24) is 14.9 Å². The van der Waals surface area contributed by atoms with E-state index in [4.69, 9.17) is 4.74 Å². The van der Waals surface area contributed by atoms with Crippen molar-refractivity contribution >= 4 is 33.0 Å². The van der Waals surface area contributed by atoms with Gasteiger partial charge in [0.05, 0.1) is 30.0 Å². The third kappa shape index (κ3) is 4.44. The monoisotopic (exact) mass is 436 g/mol. The molecule has 0 N–H and O–H groups in total. The van der Waals surface area contributed by atoms with Gasteiger partial charge in [0.25, 0.3) is 5.91 Å². The topological polar surface area (TPSA) is 92.7 Å². The van der Waals surface area contributed by atoms with Crippen LogP contribution in [-0.2, 0) is 14.6 Å². The number of piperidine rings is 1. The highest BCUT2D eigenvalue weighted by Crippen LogP contribution is 2.32. The highest BCUT2D eigenvalue weighted by atomic mass is 32.2. The summed E-state index contributed by atoms with van der Waals surface area (Å²) in [5.41, 5.74) is 0.576. The van der Waals surface area contributed by atoms with Gasteiger partial charge in [0.15, 0.2) is 9.84 Å². The zero-order valence-electron chi connectivity index (χ0n) is 16.3. The summed E-state index contributed by atoms with van der Waals surface area (Å²) >= 11 is 1.44. The Morgan fingerprint density at radius 2 is 1.93 bits per heavy atom. The van der Waals surface area contributed by atoms with E-state index in [1.165, 1.54) is 23.8 Å². The first-order chi connectivity index (χ1) is 13.9. The molecular formula is C19H24N4O4S2. The minimum Gasteiger partial charge on any atom is -0.378 e. The quantitative estimate of drug-likeness (QED) is 0.721. The number of anilines is 1. The number of thiophene rings is 1.